The van der Waals surface area contributed by atoms with E-state index < -0.39 is 5.54 Å². The van der Waals surface area contributed by atoms with Crippen LogP contribution in [0.2, 0.25) is 0 Å². The predicted molar refractivity (Wildman–Crippen MR) is 79.2 cm³/mol. The first kappa shape index (κ1) is 15.3. The molecular weight excluding hydrogens is 252 g/mol. The molecule has 1 saturated carbocycles. The van der Waals surface area contributed by atoms with Gasteiger partial charge in [0.2, 0.25) is 11.8 Å². The number of amides is 2. The molecule has 20 heavy (non-hydrogen) atoms. The van der Waals surface area contributed by atoms with Crippen LogP contribution in [0, 0.1) is 5.92 Å². The maximum absolute atomic E-state index is 12.7. The van der Waals surface area contributed by atoms with Crippen molar-refractivity contribution in [1.29, 1.82) is 0 Å². The van der Waals surface area contributed by atoms with Crippen LogP contribution in [0.1, 0.15) is 65.7 Å². The average molecular weight is 280 g/mol. The monoisotopic (exact) mass is 280 g/mol. The van der Waals surface area contributed by atoms with E-state index in [2.05, 4.69) is 12.2 Å². The molecule has 1 N–H and O–H groups in total. The summed E-state index contributed by atoms with van der Waals surface area (Å²) in [5.41, 5.74) is -0.646. The van der Waals surface area contributed by atoms with Crippen molar-refractivity contribution < 1.29 is 9.59 Å². The normalized spacial score (nSPS) is 30.6. The van der Waals surface area contributed by atoms with Gasteiger partial charge in [0.15, 0.2) is 0 Å². The quantitative estimate of drug-likeness (QED) is 0.728. The zero-order chi connectivity index (χ0) is 14.8. The van der Waals surface area contributed by atoms with Crippen molar-refractivity contribution >= 4 is 11.8 Å². The Labute approximate surface area is 122 Å². The summed E-state index contributed by atoms with van der Waals surface area (Å²) in [7, 11) is 0. The Morgan fingerprint density at radius 1 is 1.20 bits per heavy atom. The van der Waals surface area contributed by atoms with Gasteiger partial charge in [-0.3, -0.25) is 9.59 Å². The molecule has 2 unspecified atom stereocenters. The van der Waals surface area contributed by atoms with Gasteiger partial charge in [0.1, 0.15) is 11.6 Å². The minimum Gasteiger partial charge on any atom is -0.340 e. The summed E-state index contributed by atoms with van der Waals surface area (Å²) >= 11 is 0. The van der Waals surface area contributed by atoms with E-state index in [4.69, 9.17) is 0 Å². The van der Waals surface area contributed by atoms with Gasteiger partial charge in [-0.05, 0) is 39.0 Å². The molecule has 0 radical (unpaired) electrons. The Bertz CT molecular complexity index is 379. The van der Waals surface area contributed by atoms with Crippen molar-refractivity contribution in [2.24, 2.45) is 5.92 Å². The summed E-state index contributed by atoms with van der Waals surface area (Å²) in [5.74, 6) is 0.476. The summed E-state index contributed by atoms with van der Waals surface area (Å²) in [6.07, 6.45) is 7.96. The molecule has 0 spiro atoms. The summed E-state index contributed by atoms with van der Waals surface area (Å²) in [4.78, 5) is 26.7. The van der Waals surface area contributed by atoms with Gasteiger partial charge in [-0.2, -0.15) is 0 Å². The molecule has 0 aromatic carbocycles. The van der Waals surface area contributed by atoms with Crippen molar-refractivity contribution in [3.8, 4) is 0 Å². The molecule has 1 aliphatic carbocycles. The number of nitrogens with one attached hydrogen (secondary N) is 1. The van der Waals surface area contributed by atoms with Crippen LogP contribution < -0.4 is 5.32 Å². The standard InChI is InChI=1S/C16H28N2O2/c1-4-5-6-7-8-11-18-12(2)14(19)17-16(3,15(18)20)13-9-10-13/h12-13H,4-11H2,1-3H3,(H,17,19). The zero-order valence-corrected chi connectivity index (χ0v) is 13.1. The second-order valence-electron chi connectivity index (χ2n) is 6.55. The molecule has 0 aromatic heterocycles. The topological polar surface area (TPSA) is 49.4 Å². The molecule has 114 valence electrons. The fourth-order valence-electron chi connectivity index (χ4n) is 3.15. The fourth-order valence-corrected chi connectivity index (χ4v) is 3.15. The zero-order valence-electron chi connectivity index (χ0n) is 13.1. The molecule has 2 aliphatic rings. The molecule has 1 heterocycles. The summed E-state index contributed by atoms with van der Waals surface area (Å²) in [6, 6.07) is -0.319. The second-order valence-corrected chi connectivity index (χ2v) is 6.55. The van der Waals surface area contributed by atoms with Crippen LogP contribution in [-0.4, -0.2) is 34.8 Å². The van der Waals surface area contributed by atoms with Crippen molar-refractivity contribution in [1.82, 2.24) is 10.2 Å². The van der Waals surface area contributed by atoms with Crippen molar-refractivity contribution in [3.05, 3.63) is 0 Å². The molecule has 2 amide bonds. The Morgan fingerprint density at radius 3 is 2.45 bits per heavy atom. The largest absolute Gasteiger partial charge is 0.340 e. The summed E-state index contributed by atoms with van der Waals surface area (Å²) in [5, 5.41) is 2.96. The molecule has 1 aliphatic heterocycles. The van der Waals surface area contributed by atoms with Crippen LogP contribution in [0.5, 0.6) is 0 Å². The maximum Gasteiger partial charge on any atom is 0.248 e. The van der Waals surface area contributed by atoms with Crippen molar-refractivity contribution in [3.63, 3.8) is 0 Å². The molecule has 2 fully saturated rings. The first-order valence-corrected chi connectivity index (χ1v) is 8.13. The highest BCUT2D eigenvalue weighted by atomic mass is 16.2. The van der Waals surface area contributed by atoms with E-state index in [1.165, 1.54) is 19.3 Å². The van der Waals surface area contributed by atoms with Crippen LogP contribution in [0.3, 0.4) is 0 Å². The van der Waals surface area contributed by atoms with Gasteiger partial charge >= 0.3 is 0 Å². The van der Waals surface area contributed by atoms with E-state index in [9.17, 15) is 9.59 Å². The molecule has 4 heteroatoms. The molecule has 4 nitrogen and oxygen atoms in total. The second kappa shape index (κ2) is 6.15. The van der Waals surface area contributed by atoms with Crippen LogP contribution in [-0.2, 0) is 9.59 Å². The van der Waals surface area contributed by atoms with E-state index in [0.717, 1.165) is 32.2 Å². The molecule has 0 bridgehead atoms. The molecular formula is C16H28N2O2. The van der Waals surface area contributed by atoms with E-state index in [1.54, 1.807) is 0 Å². The maximum atomic E-state index is 12.7. The number of rotatable bonds is 7. The van der Waals surface area contributed by atoms with Gasteiger partial charge < -0.3 is 10.2 Å². The third-order valence-corrected chi connectivity index (χ3v) is 4.83. The molecule has 1 saturated heterocycles. The number of carbonyl (C=O) groups excluding carboxylic acids is 2. The molecule has 2 rings (SSSR count). The van der Waals surface area contributed by atoms with Crippen LogP contribution in [0.4, 0.5) is 0 Å². The molecule has 0 aromatic rings. The van der Waals surface area contributed by atoms with Gasteiger partial charge in [0.25, 0.3) is 0 Å². The average Bonchev–Trinajstić information content (AvgIpc) is 3.24. The Kier molecular flexibility index (Phi) is 4.71. The highest BCUT2D eigenvalue weighted by molar-refractivity contribution is 5.99. The van der Waals surface area contributed by atoms with Gasteiger partial charge in [0, 0.05) is 6.54 Å². The van der Waals surface area contributed by atoms with Crippen LogP contribution in [0.25, 0.3) is 0 Å². The minimum atomic E-state index is -0.646. The number of piperazine rings is 1. The van der Waals surface area contributed by atoms with Crippen LogP contribution in [0.15, 0.2) is 0 Å². The van der Waals surface area contributed by atoms with E-state index in [1.807, 2.05) is 18.7 Å². The van der Waals surface area contributed by atoms with Gasteiger partial charge in [-0.15, -0.1) is 0 Å². The molecule has 2 atom stereocenters. The highest BCUT2D eigenvalue weighted by Crippen LogP contribution is 2.42. The third-order valence-electron chi connectivity index (χ3n) is 4.83. The smallest absolute Gasteiger partial charge is 0.248 e. The number of unbranched alkanes of at least 4 members (excludes halogenated alkanes) is 4. The number of nitrogens with zero attached hydrogens (tertiary/aromatic N) is 1. The van der Waals surface area contributed by atoms with E-state index in [-0.39, 0.29) is 17.9 Å². The van der Waals surface area contributed by atoms with Crippen molar-refractivity contribution in [2.75, 3.05) is 6.54 Å². The summed E-state index contributed by atoms with van der Waals surface area (Å²) < 4.78 is 0. The summed E-state index contributed by atoms with van der Waals surface area (Å²) in [6.45, 7) is 6.66. The van der Waals surface area contributed by atoms with Gasteiger partial charge in [0.05, 0.1) is 0 Å². The first-order valence-electron chi connectivity index (χ1n) is 8.13. The predicted octanol–water partition coefficient (Wildman–Crippen LogP) is 2.47. The fraction of sp³-hybridized carbons (Fsp3) is 0.875. The Hall–Kier alpha value is -1.06. The lowest BCUT2D eigenvalue weighted by atomic mass is 9.89. The SMILES string of the molecule is CCCCCCCN1C(=O)C(C)(C2CC2)NC(=O)C1C. The Balaban J connectivity index is 1.94. The lowest BCUT2D eigenvalue weighted by molar-refractivity contribution is -0.154. The minimum absolute atomic E-state index is 0.00700. The van der Waals surface area contributed by atoms with E-state index >= 15 is 0 Å². The lowest BCUT2D eigenvalue weighted by Gasteiger charge is -2.43. The highest BCUT2D eigenvalue weighted by Gasteiger charge is 2.54. The van der Waals surface area contributed by atoms with E-state index in [0.29, 0.717) is 5.92 Å². The Morgan fingerprint density at radius 2 is 1.85 bits per heavy atom. The number of hydrogen-bond donors (Lipinski definition) is 1. The van der Waals surface area contributed by atoms with Gasteiger partial charge in [-0.1, -0.05) is 32.6 Å². The third kappa shape index (κ3) is 2.99. The van der Waals surface area contributed by atoms with Gasteiger partial charge in [-0.25, -0.2) is 0 Å². The number of carbonyl (C=O) groups is 2. The lowest BCUT2D eigenvalue weighted by Crippen LogP contribution is -2.69. The van der Waals surface area contributed by atoms with Crippen molar-refractivity contribution in [2.45, 2.75) is 77.3 Å². The van der Waals surface area contributed by atoms with Crippen LogP contribution >= 0.6 is 0 Å². The first-order chi connectivity index (χ1) is 9.50. The number of hydrogen-bond acceptors (Lipinski definition) is 2.